The predicted molar refractivity (Wildman–Crippen MR) is 85.2 cm³/mol. The average Bonchev–Trinajstić information content (AvgIpc) is 2.82. The first-order valence-corrected chi connectivity index (χ1v) is 7.38. The Morgan fingerprint density at radius 1 is 1.33 bits per heavy atom. The van der Waals surface area contributed by atoms with Crippen LogP contribution < -0.4 is 0 Å². The Balaban J connectivity index is 2.13. The number of rotatable bonds is 5. The third-order valence-corrected chi connectivity index (χ3v) is 4.17. The molecule has 1 aromatic heterocycles. The van der Waals surface area contributed by atoms with E-state index in [9.17, 15) is 4.79 Å². The van der Waals surface area contributed by atoms with E-state index in [4.69, 9.17) is 27.6 Å². The molecule has 0 aliphatic carbocycles. The molecule has 2 rings (SSSR count). The number of carbonyl (C=O) groups excluding carboxylic acids is 1. The number of aryl methyl sites for hydroxylation is 1. The van der Waals surface area contributed by atoms with Gasteiger partial charge in [0.25, 0.3) is 0 Å². The van der Waals surface area contributed by atoms with Crippen LogP contribution in [-0.2, 0) is 6.54 Å². The molecule has 1 aromatic carbocycles. The number of furan rings is 1. The van der Waals surface area contributed by atoms with Gasteiger partial charge in [0, 0.05) is 22.7 Å². The first-order valence-electron chi connectivity index (χ1n) is 6.62. The van der Waals surface area contributed by atoms with Crippen LogP contribution in [0, 0.1) is 6.92 Å². The summed E-state index contributed by atoms with van der Waals surface area (Å²) in [5.41, 5.74) is 1.56. The van der Waals surface area contributed by atoms with Gasteiger partial charge in [0.2, 0.25) is 0 Å². The number of nitrogens with zero attached hydrogens (tertiary/aromatic N) is 1. The molecule has 0 bridgehead atoms. The molecule has 0 aliphatic heterocycles. The maximum Gasteiger partial charge on any atom is 0.181 e. The SMILES string of the molecule is Cc1occc1CN(C)C(C)C(=O)c1ccc(Cl)cc1Cl. The maximum atomic E-state index is 12.5. The van der Waals surface area contributed by atoms with E-state index in [2.05, 4.69) is 0 Å². The minimum Gasteiger partial charge on any atom is -0.469 e. The highest BCUT2D eigenvalue weighted by Crippen LogP contribution is 2.23. The number of carbonyl (C=O) groups is 1. The van der Waals surface area contributed by atoms with Gasteiger partial charge in [0.15, 0.2) is 5.78 Å². The van der Waals surface area contributed by atoms with Crippen LogP contribution in [0.2, 0.25) is 10.0 Å². The molecule has 2 aromatic rings. The molecular formula is C16H17Cl2NO2. The van der Waals surface area contributed by atoms with Crippen LogP contribution in [0.1, 0.15) is 28.6 Å². The molecule has 0 N–H and O–H groups in total. The summed E-state index contributed by atoms with van der Waals surface area (Å²) >= 11 is 12.0. The van der Waals surface area contributed by atoms with Gasteiger partial charge in [-0.05, 0) is 45.2 Å². The predicted octanol–water partition coefficient (Wildman–Crippen LogP) is 4.60. The Labute approximate surface area is 134 Å². The van der Waals surface area contributed by atoms with E-state index in [0.717, 1.165) is 11.3 Å². The minimum atomic E-state index is -0.294. The zero-order valence-electron chi connectivity index (χ0n) is 12.2. The highest BCUT2D eigenvalue weighted by molar-refractivity contribution is 6.37. The fraction of sp³-hybridized carbons (Fsp3) is 0.312. The van der Waals surface area contributed by atoms with Crippen molar-refractivity contribution in [3.63, 3.8) is 0 Å². The average molecular weight is 326 g/mol. The highest BCUT2D eigenvalue weighted by Gasteiger charge is 2.22. The largest absolute Gasteiger partial charge is 0.469 e. The van der Waals surface area contributed by atoms with Crippen LogP contribution in [0.3, 0.4) is 0 Å². The van der Waals surface area contributed by atoms with Gasteiger partial charge in [-0.2, -0.15) is 0 Å². The molecule has 1 heterocycles. The summed E-state index contributed by atoms with van der Waals surface area (Å²) in [5, 5.41) is 0.902. The van der Waals surface area contributed by atoms with E-state index in [1.165, 1.54) is 0 Å². The molecule has 112 valence electrons. The summed E-state index contributed by atoms with van der Waals surface area (Å²) in [6.07, 6.45) is 1.65. The number of ketones is 1. The second-order valence-electron chi connectivity index (χ2n) is 5.08. The van der Waals surface area contributed by atoms with E-state index >= 15 is 0 Å². The smallest absolute Gasteiger partial charge is 0.181 e. The quantitative estimate of drug-likeness (QED) is 0.753. The van der Waals surface area contributed by atoms with Crippen LogP contribution in [0.4, 0.5) is 0 Å². The minimum absolute atomic E-state index is 0.0275. The van der Waals surface area contributed by atoms with Gasteiger partial charge in [0.1, 0.15) is 5.76 Å². The van der Waals surface area contributed by atoms with Crippen molar-refractivity contribution in [2.24, 2.45) is 0 Å². The summed E-state index contributed by atoms with van der Waals surface area (Å²) in [6.45, 7) is 4.41. The Morgan fingerprint density at radius 3 is 2.62 bits per heavy atom. The lowest BCUT2D eigenvalue weighted by atomic mass is 10.0. The molecule has 3 nitrogen and oxygen atoms in total. The normalized spacial score (nSPS) is 12.7. The lowest BCUT2D eigenvalue weighted by Crippen LogP contribution is -2.35. The summed E-state index contributed by atoms with van der Waals surface area (Å²) in [6, 6.07) is 6.55. The number of Topliss-reactive ketones (excluding diaryl/α,β-unsaturated/α-hetero) is 1. The maximum absolute atomic E-state index is 12.5. The molecule has 0 fully saturated rings. The summed E-state index contributed by atoms with van der Waals surface area (Å²) in [5.74, 6) is 0.839. The second-order valence-corrected chi connectivity index (χ2v) is 5.93. The number of hydrogen-bond donors (Lipinski definition) is 0. The summed E-state index contributed by atoms with van der Waals surface area (Å²) < 4.78 is 5.28. The molecular weight excluding hydrogens is 309 g/mol. The van der Waals surface area contributed by atoms with Gasteiger partial charge < -0.3 is 4.42 Å². The fourth-order valence-corrected chi connectivity index (χ4v) is 2.60. The van der Waals surface area contributed by atoms with Gasteiger partial charge in [-0.3, -0.25) is 9.69 Å². The Kier molecular flexibility index (Phi) is 5.09. The highest BCUT2D eigenvalue weighted by atomic mass is 35.5. The first kappa shape index (κ1) is 16.1. The second kappa shape index (κ2) is 6.65. The molecule has 0 amide bonds. The molecule has 0 saturated carbocycles. The van der Waals surface area contributed by atoms with Crippen molar-refractivity contribution in [1.29, 1.82) is 0 Å². The first-order chi connectivity index (χ1) is 9.90. The van der Waals surface area contributed by atoms with Crippen molar-refractivity contribution >= 4 is 29.0 Å². The van der Waals surface area contributed by atoms with Gasteiger partial charge in [0.05, 0.1) is 17.3 Å². The lowest BCUT2D eigenvalue weighted by molar-refractivity contribution is 0.0862. The zero-order chi connectivity index (χ0) is 15.6. The number of likely N-dealkylation sites (N-methyl/N-ethyl adjacent to an activating group) is 1. The van der Waals surface area contributed by atoms with E-state index in [1.807, 2.05) is 31.9 Å². The number of benzene rings is 1. The van der Waals surface area contributed by atoms with Gasteiger partial charge in [-0.1, -0.05) is 23.2 Å². The van der Waals surface area contributed by atoms with Crippen molar-refractivity contribution < 1.29 is 9.21 Å². The molecule has 0 aliphatic rings. The fourth-order valence-electron chi connectivity index (χ4n) is 2.10. The van der Waals surface area contributed by atoms with Crippen molar-refractivity contribution in [3.8, 4) is 0 Å². The third-order valence-electron chi connectivity index (χ3n) is 3.62. The van der Waals surface area contributed by atoms with Crippen molar-refractivity contribution in [1.82, 2.24) is 4.90 Å². The van der Waals surface area contributed by atoms with Crippen molar-refractivity contribution in [3.05, 3.63) is 57.5 Å². The molecule has 0 saturated heterocycles. The van der Waals surface area contributed by atoms with Crippen LogP contribution in [0.25, 0.3) is 0 Å². The van der Waals surface area contributed by atoms with Crippen molar-refractivity contribution in [2.45, 2.75) is 26.4 Å². The Morgan fingerprint density at radius 2 is 2.05 bits per heavy atom. The van der Waals surface area contributed by atoms with Crippen LogP contribution in [0.5, 0.6) is 0 Å². The monoisotopic (exact) mass is 325 g/mol. The summed E-state index contributed by atoms with van der Waals surface area (Å²) in [7, 11) is 1.90. The molecule has 0 radical (unpaired) electrons. The van der Waals surface area contributed by atoms with E-state index in [-0.39, 0.29) is 11.8 Å². The van der Waals surface area contributed by atoms with Gasteiger partial charge in [-0.15, -0.1) is 0 Å². The van der Waals surface area contributed by atoms with Crippen molar-refractivity contribution in [2.75, 3.05) is 7.05 Å². The number of hydrogen-bond acceptors (Lipinski definition) is 3. The van der Waals surface area contributed by atoms with Gasteiger partial charge >= 0.3 is 0 Å². The molecule has 0 spiro atoms. The molecule has 1 atom stereocenters. The third kappa shape index (κ3) is 3.67. The Bertz CT molecular complexity index is 651. The van der Waals surface area contributed by atoms with Gasteiger partial charge in [-0.25, -0.2) is 0 Å². The van der Waals surface area contributed by atoms with Crippen LogP contribution >= 0.6 is 23.2 Å². The van der Waals surface area contributed by atoms with Crippen LogP contribution in [-0.4, -0.2) is 23.8 Å². The van der Waals surface area contributed by atoms with Crippen LogP contribution in [0.15, 0.2) is 34.9 Å². The van der Waals surface area contributed by atoms with E-state index in [1.54, 1.807) is 24.5 Å². The Hall–Kier alpha value is -1.29. The lowest BCUT2D eigenvalue weighted by Gasteiger charge is -2.23. The molecule has 21 heavy (non-hydrogen) atoms. The molecule has 1 unspecified atom stereocenters. The topological polar surface area (TPSA) is 33.5 Å². The van der Waals surface area contributed by atoms with E-state index < -0.39 is 0 Å². The standard InChI is InChI=1S/C16H17Cl2NO2/c1-10(19(3)9-12-6-7-21-11(12)2)16(20)14-5-4-13(17)8-15(14)18/h4-8,10H,9H2,1-3H3. The zero-order valence-corrected chi connectivity index (χ0v) is 13.7. The number of halogens is 2. The van der Waals surface area contributed by atoms with E-state index in [0.29, 0.717) is 22.2 Å². The molecule has 5 heteroatoms. The summed E-state index contributed by atoms with van der Waals surface area (Å²) in [4.78, 5) is 14.5.